The van der Waals surface area contributed by atoms with Crippen LogP contribution < -0.4 is 0 Å². The third-order valence-corrected chi connectivity index (χ3v) is 2.70. The van der Waals surface area contributed by atoms with Gasteiger partial charge in [0.05, 0.1) is 6.10 Å². The molecule has 1 saturated heterocycles. The summed E-state index contributed by atoms with van der Waals surface area (Å²) in [5.74, 6) is 1.06. The maximum absolute atomic E-state index is 11.9. The smallest absolute Gasteiger partial charge is 0.289 e. The molecule has 1 aromatic heterocycles. The number of aliphatic hydroxyl groups excluding tert-OH is 1. The van der Waals surface area contributed by atoms with Crippen LogP contribution in [0.1, 0.15) is 29.2 Å². The van der Waals surface area contributed by atoms with E-state index in [9.17, 15) is 9.90 Å². The zero-order chi connectivity index (χ0) is 10.8. The van der Waals surface area contributed by atoms with Crippen molar-refractivity contribution in [1.82, 2.24) is 4.90 Å². The maximum atomic E-state index is 11.9. The highest BCUT2D eigenvalue weighted by Crippen LogP contribution is 2.15. The molecule has 82 valence electrons. The SMILES string of the molecule is Cc1ccc(C(=O)N2CCC(O)CC2)o1. The fraction of sp³-hybridized carbons (Fsp3) is 0.545. The molecule has 1 aromatic rings. The van der Waals surface area contributed by atoms with Gasteiger partial charge in [-0.05, 0) is 31.9 Å². The monoisotopic (exact) mass is 209 g/mol. The Morgan fingerprint density at radius 1 is 1.47 bits per heavy atom. The van der Waals surface area contributed by atoms with Crippen LogP contribution in [0.5, 0.6) is 0 Å². The Bertz CT molecular complexity index is 350. The van der Waals surface area contributed by atoms with Gasteiger partial charge in [0.2, 0.25) is 0 Å². The number of nitrogens with zero attached hydrogens (tertiary/aromatic N) is 1. The van der Waals surface area contributed by atoms with Crippen LogP contribution in [0.3, 0.4) is 0 Å². The van der Waals surface area contributed by atoms with Crippen LogP contribution in [0.2, 0.25) is 0 Å². The molecule has 0 aliphatic carbocycles. The van der Waals surface area contributed by atoms with Crippen LogP contribution in [0.25, 0.3) is 0 Å². The van der Waals surface area contributed by atoms with Crippen molar-refractivity contribution in [3.05, 3.63) is 23.7 Å². The van der Waals surface area contributed by atoms with Gasteiger partial charge in [0.1, 0.15) is 5.76 Å². The number of likely N-dealkylation sites (tertiary alicyclic amines) is 1. The Hall–Kier alpha value is -1.29. The molecule has 15 heavy (non-hydrogen) atoms. The van der Waals surface area contributed by atoms with Gasteiger partial charge in [0.25, 0.3) is 5.91 Å². The lowest BCUT2D eigenvalue weighted by molar-refractivity contribution is 0.0519. The van der Waals surface area contributed by atoms with Crippen LogP contribution in [-0.2, 0) is 0 Å². The van der Waals surface area contributed by atoms with Crippen molar-refractivity contribution < 1.29 is 14.3 Å². The van der Waals surface area contributed by atoms with E-state index in [0.29, 0.717) is 31.7 Å². The highest BCUT2D eigenvalue weighted by Gasteiger charge is 2.23. The van der Waals surface area contributed by atoms with E-state index in [1.54, 1.807) is 17.0 Å². The lowest BCUT2D eigenvalue weighted by Gasteiger charge is -2.28. The number of aryl methyl sites for hydroxylation is 1. The number of rotatable bonds is 1. The van der Waals surface area contributed by atoms with Gasteiger partial charge in [0, 0.05) is 13.1 Å². The molecule has 0 aromatic carbocycles. The average molecular weight is 209 g/mol. The standard InChI is InChI=1S/C11H15NO3/c1-8-2-3-10(15-8)11(14)12-6-4-9(13)5-7-12/h2-3,9,13H,4-7H2,1H3. The predicted octanol–water partition coefficient (Wildman–Crippen LogP) is 1.18. The van der Waals surface area contributed by atoms with E-state index >= 15 is 0 Å². The molecule has 0 saturated carbocycles. The van der Waals surface area contributed by atoms with Crippen LogP contribution in [0.4, 0.5) is 0 Å². The Morgan fingerprint density at radius 2 is 2.13 bits per heavy atom. The highest BCUT2D eigenvalue weighted by molar-refractivity contribution is 5.91. The summed E-state index contributed by atoms with van der Waals surface area (Å²) in [5.41, 5.74) is 0. The van der Waals surface area contributed by atoms with E-state index in [0.717, 1.165) is 5.76 Å². The number of hydrogen-bond donors (Lipinski definition) is 1. The lowest BCUT2D eigenvalue weighted by atomic mass is 10.1. The first-order valence-corrected chi connectivity index (χ1v) is 5.20. The molecule has 0 radical (unpaired) electrons. The number of hydrogen-bond acceptors (Lipinski definition) is 3. The molecule has 0 spiro atoms. The van der Waals surface area contributed by atoms with Crippen molar-refractivity contribution in [2.75, 3.05) is 13.1 Å². The van der Waals surface area contributed by atoms with E-state index in [1.165, 1.54) is 0 Å². The van der Waals surface area contributed by atoms with Crippen molar-refractivity contribution in [3.8, 4) is 0 Å². The first-order chi connectivity index (χ1) is 7.16. The van der Waals surface area contributed by atoms with Gasteiger partial charge in [-0.25, -0.2) is 0 Å². The fourth-order valence-electron chi connectivity index (χ4n) is 1.77. The molecule has 0 atom stereocenters. The van der Waals surface area contributed by atoms with E-state index in [1.807, 2.05) is 6.92 Å². The molecule has 4 nitrogen and oxygen atoms in total. The number of furan rings is 1. The second-order valence-corrected chi connectivity index (χ2v) is 3.93. The van der Waals surface area contributed by atoms with Gasteiger partial charge in [0.15, 0.2) is 5.76 Å². The van der Waals surface area contributed by atoms with E-state index in [-0.39, 0.29) is 12.0 Å². The quantitative estimate of drug-likeness (QED) is 0.755. The summed E-state index contributed by atoms with van der Waals surface area (Å²) >= 11 is 0. The second-order valence-electron chi connectivity index (χ2n) is 3.93. The van der Waals surface area contributed by atoms with Gasteiger partial charge in [-0.15, -0.1) is 0 Å². The van der Waals surface area contributed by atoms with Crippen LogP contribution in [0.15, 0.2) is 16.5 Å². The summed E-state index contributed by atoms with van der Waals surface area (Å²) < 4.78 is 5.27. The lowest BCUT2D eigenvalue weighted by Crippen LogP contribution is -2.39. The maximum Gasteiger partial charge on any atom is 0.289 e. The second kappa shape index (κ2) is 4.06. The molecule has 0 bridgehead atoms. The van der Waals surface area contributed by atoms with E-state index < -0.39 is 0 Å². The van der Waals surface area contributed by atoms with Gasteiger partial charge >= 0.3 is 0 Å². The van der Waals surface area contributed by atoms with E-state index in [2.05, 4.69) is 0 Å². The Kier molecular flexibility index (Phi) is 2.77. The zero-order valence-electron chi connectivity index (χ0n) is 8.77. The third kappa shape index (κ3) is 2.21. The Balaban J connectivity index is 2.02. The van der Waals surface area contributed by atoms with Crippen molar-refractivity contribution in [2.24, 2.45) is 0 Å². The zero-order valence-corrected chi connectivity index (χ0v) is 8.77. The van der Waals surface area contributed by atoms with Crippen LogP contribution >= 0.6 is 0 Å². The first kappa shape index (κ1) is 10.2. The minimum absolute atomic E-state index is 0.0741. The molecular weight excluding hydrogens is 194 g/mol. The molecule has 4 heteroatoms. The van der Waals surface area contributed by atoms with Crippen molar-refractivity contribution in [2.45, 2.75) is 25.9 Å². The van der Waals surface area contributed by atoms with Crippen LogP contribution in [-0.4, -0.2) is 35.1 Å². The van der Waals surface area contributed by atoms with Gasteiger partial charge in [-0.2, -0.15) is 0 Å². The van der Waals surface area contributed by atoms with Gasteiger partial charge in [-0.1, -0.05) is 0 Å². The summed E-state index contributed by atoms with van der Waals surface area (Å²) in [6, 6.07) is 3.48. The molecule has 1 aliphatic heterocycles. The normalized spacial score (nSPS) is 18.1. The average Bonchev–Trinajstić information content (AvgIpc) is 2.65. The molecule has 1 aliphatic rings. The molecule has 1 N–H and O–H groups in total. The van der Waals surface area contributed by atoms with Crippen molar-refractivity contribution >= 4 is 5.91 Å². The van der Waals surface area contributed by atoms with E-state index in [4.69, 9.17) is 4.42 Å². The number of carbonyl (C=O) groups excluding carboxylic acids is 1. The van der Waals surface area contributed by atoms with Crippen LogP contribution in [0, 0.1) is 6.92 Å². The molecule has 2 rings (SSSR count). The van der Waals surface area contributed by atoms with Gasteiger partial charge < -0.3 is 14.4 Å². The summed E-state index contributed by atoms with van der Waals surface area (Å²) in [7, 11) is 0. The summed E-state index contributed by atoms with van der Waals surface area (Å²) in [5, 5.41) is 9.32. The van der Waals surface area contributed by atoms with Crippen molar-refractivity contribution in [1.29, 1.82) is 0 Å². The number of carbonyl (C=O) groups is 1. The predicted molar refractivity (Wildman–Crippen MR) is 54.6 cm³/mol. The minimum Gasteiger partial charge on any atom is -0.456 e. The highest BCUT2D eigenvalue weighted by atomic mass is 16.3. The summed E-state index contributed by atoms with van der Waals surface area (Å²) in [4.78, 5) is 13.6. The Morgan fingerprint density at radius 3 is 2.67 bits per heavy atom. The minimum atomic E-state index is -0.257. The molecular formula is C11H15NO3. The van der Waals surface area contributed by atoms with Crippen molar-refractivity contribution in [3.63, 3.8) is 0 Å². The molecule has 0 unspecified atom stereocenters. The number of aliphatic hydroxyl groups is 1. The molecule has 1 fully saturated rings. The number of amides is 1. The molecule has 2 heterocycles. The number of piperidine rings is 1. The fourth-order valence-corrected chi connectivity index (χ4v) is 1.77. The first-order valence-electron chi connectivity index (χ1n) is 5.20. The molecule has 1 amide bonds. The summed E-state index contributed by atoms with van der Waals surface area (Å²) in [6.07, 6.45) is 1.06. The van der Waals surface area contributed by atoms with Gasteiger partial charge in [-0.3, -0.25) is 4.79 Å². The largest absolute Gasteiger partial charge is 0.456 e. The Labute approximate surface area is 88.5 Å². The third-order valence-electron chi connectivity index (χ3n) is 2.70. The summed E-state index contributed by atoms with van der Waals surface area (Å²) in [6.45, 7) is 3.04. The topological polar surface area (TPSA) is 53.7 Å².